The lowest BCUT2D eigenvalue weighted by Gasteiger charge is -2.32. The Labute approximate surface area is 169 Å². The van der Waals surface area contributed by atoms with Crippen LogP contribution < -0.4 is 9.47 Å². The molecular weight excluding hydrogens is 368 g/mol. The monoisotopic (exact) mass is 392 g/mol. The summed E-state index contributed by atoms with van der Waals surface area (Å²) in [4.78, 5) is 18.6. The molecule has 1 saturated heterocycles. The first-order valence-corrected chi connectivity index (χ1v) is 9.67. The maximum Gasteiger partial charge on any atom is 0.320 e. The summed E-state index contributed by atoms with van der Waals surface area (Å²) in [6, 6.07) is 14.9. The molecule has 29 heavy (non-hydrogen) atoms. The molecule has 1 aliphatic rings. The number of nitrogens with zero attached hydrogens (tertiary/aromatic N) is 2. The van der Waals surface area contributed by atoms with Gasteiger partial charge in [-0.1, -0.05) is 18.2 Å². The number of pyridine rings is 1. The minimum atomic E-state index is -0.797. The Hall–Kier alpha value is -3.12. The number of aliphatic carboxylic acids is 1. The second-order valence-corrected chi connectivity index (χ2v) is 7.21. The van der Waals surface area contributed by atoms with Crippen LogP contribution in [0.15, 0.2) is 54.7 Å². The number of hydrogen-bond acceptors (Lipinski definition) is 5. The van der Waals surface area contributed by atoms with Crippen LogP contribution >= 0.6 is 0 Å². The van der Waals surface area contributed by atoms with Gasteiger partial charge in [-0.2, -0.15) is 0 Å². The Balaban J connectivity index is 1.88. The number of methoxy groups -OCH3 is 2. The number of benzene rings is 2. The molecule has 1 aliphatic heterocycles. The number of carboxylic acids is 1. The van der Waals surface area contributed by atoms with Gasteiger partial charge in [-0.05, 0) is 42.7 Å². The average molecular weight is 392 g/mol. The zero-order chi connectivity index (χ0) is 20.4. The van der Waals surface area contributed by atoms with Crippen LogP contribution in [0.25, 0.3) is 10.9 Å². The third-order valence-electron chi connectivity index (χ3n) is 5.57. The molecule has 0 amide bonds. The fourth-order valence-electron chi connectivity index (χ4n) is 4.19. The molecule has 2 atom stereocenters. The maximum absolute atomic E-state index is 11.9. The van der Waals surface area contributed by atoms with Crippen molar-refractivity contribution in [2.24, 2.45) is 0 Å². The van der Waals surface area contributed by atoms with E-state index < -0.39 is 12.0 Å². The molecule has 3 aromatic rings. The fourth-order valence-corrected chi connectivity index (χ4v) is 4.19. The van der Waals surface area contributed by atoms with Gasteiger partial charge in [-0.3, -0.25) is 14.7 Å². The topological polar surface area (TPSA) is 71.9 Å². The van der Waals surface area contributed by atoms with Gasteiger partial charge in [0, 0.05) is 29.8 Å². The number of fused-ring (bicyclic) bond motifs is 1. The number of hydrogen-bond donors (Lipinski definition) is 1. The van der Waals surface area contributed by atoms with Crippen molar-refractivity contribution in [2.45, 2.75) is 24.9 Å². The first-order valence-electron chi connectivity index (χ1n) is 9.67. The van der Waals surface area contributed by atoms with Crippen LogP contribution in [0.2, 0.25) is 0 Å². The molecule has 0 spiro atoms. The highest BCUT2D eigenvalue weighted by Gasteiger charge is 2.38. The highest BCUT2D eigenvalue weighted by molar-refractivity contribution is 5.79. The molecule has 6 heteroatoms. The average Bonchev–Trinajstić information content (AvgIpc) is 3.24. The molecule has 2 aromatic carbocycles. The standard InChI is InChI=1S/C23H24N2O4/c1-28-17-9-10-18(21(13-17)29-2)22(25-11-5-8-20(25)23(26)27)16-12-15-6-3-4-7-19(15)24-14-16/h3-4,6-7,9-10,12-14,20,22H,5,8,11H2,1-2H3,(H,26,27). The smallest absolute Gasteiger partial charge is 0.320 e. The number of para-hydroxylation sites is 1. The van der Waals surface area contributed by atoms with Crippen LogP contribution in [0.1, 0.15) is 30.0 Å². The summed E-state index contributed by atoms with van der Waals surface area (Å²) < 4.78 is 11.0. The SMILES string of the molecule is COc1ccc(C(c2cnc3ccccc3c2)N2CCCC2C(=O)O)c(OC)c1. The van der Waals surface area contributed by atoms with E-state index in [1.807, 2.05) is 53.6 Å². The maximum atomic E-state index is 11.9. The van der Waals surface area contributed by atoms with Crippen LogP contribution in [0.4, 0.5) is 0 Å². The van der Waals surface area contributed by atoms with Gasteiger partial charge in [0.2, 0.25) is 0 Å². The fraction of sp³-hybridized carbons (Fsp3) is 0.304. The normalized spacial score (nSPS) is 17.9. The molecule has 0 radical (unpaired) electrons. The summed E-state index contributed by atoms with van der Waals surface area (Å²) in [6.07, 6.45) is 3.31. The van der Waals surface area contributed by atoms with Crippen molar-refractivity contribution in [2.75, 3.05) is 20.8 Å². The Kier molecular flexibility index (Phi) is 5.36. The molecule has 1 fully saturated rings. The molecule has 4 rings (SSSR count). The molecule has 2 unspecified atom stereocenters. The van der Waals surface area contributed by atoms with Crippen LogP contribution in [-0.4, -0.2) is 47.8 Å². The van der Waals surface area contributed by atoms with E-state index in [1.54, 1.807) is 14.2 Å². The number of carboxylic acid groups (broad SMARTS) is 1. The predicted molar refractivity (Wildman–Crippen MR) is 110 cm³/mol. The summed E-state index contributed by atoms with van der Waals surface area (Å²) in [5.41, 5.74) is 2.76. The molecule has 0 bridgehead atoms. The lowest BCUT2D eigenvalue weighted by molar-refractivity contribution is -0.142. The van der Waals surface area contributed by atoms with Crippen molar-refractivity contribution in [3.63, 3.8) is 0 Å². The summed E-state index contributed by atoms with van der Waals surface area (Å²) in [6.45, 7) is 0.698. The number of likely N-dealkylation sites (tertiary alicyclic amines) is 1. The Morgan fingerprint density at radius 2 is 2.00 bits per heavy atom. The molecular formula is C23H24N2O4. The third-order valence-corrected chi connectivity index (χ3v) is 5.57. The van der Waals surface area contributed by atoms with Crippen molar-refractivity contribution in [1.29, 1.82) is 0 Å². The van der Waals surface area contributed by atoms with Crippen LogP contribution in [0.3, 0.4) is 0 Å². The van der Waals surface area contributed by atoms with E-state index in [1.165, 1.54) is 0 Å². The third kappa shape index (κ3) is 3.63. The number of carbonyl (C=O) groups is 1. The van der Waals surface area contributed by atoms with Gasteiger partial charge >= 0.3 is 5.97 Å². The molecule has 1 aromatic heterocycles. The van der Waals surface area contributed by atoms with Crippen molar-refractivity contribution in [3.8, 4) is 11.5 Å². The Morgan fingerprint density at radius 1 is 1.17 bits per heavy atom. The van der Waals surface area contributed by atoms with Gasteiger partial charge in [0.25, 0.3) is 0 Å². The largest absolute Gasteiger partial charge is 0.497 e. The minimum absolute atomic E-state index is 0.281. The highest BCUT2D eigenvalue weighted by Crippen LogP contribution is 2.40. The van der Waals surface area contributed by atoms with E-state index in [4.69, 9.17) is 9.47 Å². The first-order chi connectivity index (χ1) is 14.1. The second kappa shape index (κ2) is 8.09. The quantitative estimate of drug-likeness (QED) is 0.686. The van der Waals surface area contributed by atoms with E-state index in [-0.39, 0.29) is 6.04 Å². The van der Waals surface area contributed by atoms with Gasteiger partial charge < -0.3 is 14.6 Å². The molecule has 6 nitrogen and oxygen atoms in total. The van der Waals surface area contributed by atoms with Crippen molar-refractivity contribution in [1.82, 2.24) is 9.88 Å². The number of rotatable bonds is 6. The van der Waals surface area contributed by atoms with Gasteiger partial charge in [0.1, 0.15) is 17.5 Å². The molecule has 2 heterocycles. The lowest BCUT2D eigenvalue weighted by atomic mass is 9.95. The van der Waals surface area contributed by atoms with Gasteiger partial charge in [-0.15, -0.1) is 0 Å². The van der Waals surface area contributed by atoms with E-state index in [2.05, 4.69) is 11.1 Å². The Bertz CT molecular complexity index is 1040. The van der Waals surface area contributed by atoms with Gasteiger partial charge in [0.15, 0.2) is 0 Å². The van der Waals surface area contributed by atoms with E-state index in [0.717, 1.165) is 28.5 Å². The summed E-state index contributed by atoms with van der Waals surface area (Å²) in [5.74, 6) is 0.560. The van der Waals surface area contributed by atoms with Crippen LogP contribution in [0.5, 0.6) is 11.5 Å². The van der Waals surface area contributed by atoms with Gasteiger partial charge in [0.05, 0.1) is 25.8 Å². The number of ether oxygens (including phenoxy) is 2. The second-order valence-electron chi connectivity index (χ2n) is 7.21. The van der Waals surface area contributed by atoms with E-state index in [9.17, 15) is 9.90 Å². The van der Waals surface area contributed by atoms with Gasteiger partial charge in [-0.25, -0.2) is 0 Å². The van der Waals surface area contributed by atoms with E-state index >= 15 is 0 Å². The summed E-state index contributed by atoms with van der Waals surface area (Å²) >= 11 is 0. The van der Waals surface area contributed by atoms with Crippen LogP contribution in [-0.2, 0) is 4.79 Å². The summed E-state index contributed by atoms with van der Waals surface area (Å²) in [7, 11) is 3.23. The zero-order valence-corrected chi connectivity index (χ0v) is 16.5. The van der Waals surface area contributed by atoms with E-state index in [0.29, 0.717) is 24.5 Å². The Morgan fingerprint density at radius 3 is 2.76 bits per heavy atom. The lowest BCUT2D eigenvalue weighted by Crippen LogP contribution is -2.39. The van der Waals surface area contributed by atoms with Crippen molar-refractivity contribution < 1.29 is 19.4 Å². The first kappa shape index (κ1) is 19.2. The van der Waals surface area contributed by atoms with Crippen molar-refractivity contribution in [3.05, 3.63) is 65.9 Å². The molecule has 0 aliphatic carbocycles. The van der Waals surface area contributed by atoms with Crippen LogP contribution in [0, 0.1) is 0 Å². The van der Waals surface area contributed by atoms with Crippen molar-refractivity contribution >= 4 is 16.9 Å². The minimum Gasteiger partial charge on any atom is -0.497 e. The molecule has 0 saturated carbocycles. The predicted octanol–water partition coefficient (Wildman–Crippen LogP) is 3.89. The molecule has 150 valence electrons. The summed E-state index contributed by atoms with van der Waals surface area (Å²) in [5, 5.41) is 10.8. The molecule has 1 N–H and O–H groups in total. The number of aromatic nitrogens is 1. The highest BCUT2D eigenvalue weighted by atomic mass is 16.5. The zero-order valence-electron chi connectivity index (χ0n) is 16.5.